The number of ether oxygens (including phenoxy) is 1. The summed E-state index contributed by atoms with van der Waals surface area (Å²) in [7, 11) is 1.52. The average molecular weight is 474 g/mol. The van der Waals surface area contributed by atoms with E-state index in [4.69, 9.17) is 17.0 Å². The van der Waals surface area contributed by atoms with Gasteiger partial charge in [-0.3, -0.25) is 10.1 Å². The number of carbonyl (C=O) groups excluding carboxylic acids is 1. The van der Waals surface area contributed by atoms with E-state index in [9.17, 15) is 4.79 Å². The Kier molecular flexibility index (Phi) is 7.18. The van der Waals surface area contributed by atoms with Crippen LogP contribution in [0.2, 0.25) is 0 Å². The molecular formula is C26H27N5O2S. The van der Waals surface area contributed by atoms with Crippen LogP contribution in [0.1, 0.15) is 41.3 Å². The molecule has 8 heteroatoms. The van der Waals surface area contributed by atoms with Crippen LogP contribution < -0.4 is 15.4 Å². The summed E-state index contributed by atoms with van der Waals surface area (Å²) in [5.74, 6) is 0.136. The number of thiocarbonyl (C=S) groups is 1. The molecule has 0 aliphatic carbocycles. The number of anilines is 1. The second kappa shape index (κ2) is 10.4. The number of unbranched alkanes of at least 4 members (excludes halogenated alkanes) is 1. The third kappa shape index (κ3) is 5.23. The highest BCUT2D eigenvalue weighted by molar-refractivity contribution is 7.80. The van der Waals surface area contributed by atoms with Crippen LogP contribution in [0.25, 0.3) is 16.7 Å². The first-order valence-electron chi connectivity index (χ1n) is 11.2. The molecule has 0 fully saturated rings. The number of fused-ring (bicyclic) bond motifs is 1. The van der Waals surface area contributed by atoms with Gasteiger partial charge >= 0.3 is 0 Å². The molecule has 0 saturated heterocycles. The summed E-state index contributed by atoms with van der Waals surface area (Å²) in [4.78, 5) is 14.3. The van der Waals surface area contributed by atoms with Gasteiger partial charge in [0.05, 0.1) is 18.4 Å². The highest BCUT2D eigenvalue weighted by atomic mass is 32.1. The van der Waals surface area contributed by atoms with E-state index in [2.05, 4.69) is 39.9 Å². The molecule has 0 aliphatic heterocycles. The Hall–Kier alpha value is -3.78. The molecule has 0 spiro atoms. The Morgan fingerprint density at radius 1 is 1.06 bits per heavy atom. The van der Waals surface area contributed by atoms with Crippen molar-refractivity contribution < 1.29 is 9.53 Å². The van der Waals surface area contributed by atoms with E-state index in [1.54, 1.807) is 29.1 Å². The fourth-order valence-electron chi connectivity index (χ4n) is 3.65. The van der Waals surface area contributed by atoms with Crippen LogP contribution in [-0.2, 0) is 6.42 Å². The lowest BCUT2D eigenvalue weighted by molar-refractivity contribution is 0.0975. The van der Waals surface area contributed by atoms with E-state index in [1.165, 1.54) is 25.5 Å². The average Bonchev–Trinajstić information content (AvgIpc) is 3.25. The Morgan fingerprint density at radius 3 is 2.47 bits per heavy atom. The van der Waals surface area contributed by atoms with E-state index >= 15 is 0 Å². The van der Waals surface area contributed by atoms with Crippen LogP contribution in [0.3, 0.4) is 0 Å². The molecule has 0 aliphatic rings. The van der Waals surface area contributed by atoms with Crippen molar-refractivity contribution in [3.8, 4) is 11.4 Å². The molecule has 0 bridgehead atoms. The third-order valence-corrected chi connectivity index (χ3v) is 5.74. The van der Waals surface area contributed by atoms with Gasteiger partial charge in [0.25, 0.3) is 5.91 Å². The zero-order valence-corrected chi connectivity index (χ0v) is 20.3. The van der Waals surface area contributed by atoms with Crippen LogP contribution >= 0.6 is 12.2 Å². The minimum atomic E-state index is -0.345. The monoisotopic (exact) mass is 473 g/mol. The van der Waals surface area contributed by atoms with Gasteiger partial charge in [-0.15, -0.1) is 10.2 Å². The number of nitrogens with one attached hydrogen (secondary N) is 2. The predicted octanol–water partition coefficient (Wildman–Crippen LogP) is 5.21. The molecule has 0 atom stereocenters. The summed E-state index contributed by atoms with van der Waals surface area (Å²) in [5.41, 5.74) is 5.81. The van der Waals surface area contributed by atoms with Gasteiger partial charge in [-0.25, -0.2) is 0 Å². The van der Waals surface area contributed by atoms with Crippen LogP contribution in [0.15, 0.2) is 60.7 Å². The second-order valence-corrected chi connectivity index (χ2v) is 8.43. The number of aryl methyl sites for hydroxylation is 2. The maximum absolute atomic E-state index is 12.6. The molecule has 1 amide bonds. The van der Waals surface area contributed by atoms with Gasteiger partial charge in [-0.05, 0) is 79.5 Å². The highest BCUT2D eigenvalue weighted by Crippen LogP contribution is 2.23. The molecule has 0 radical (unpaired) electrons. The normalized spacial score (nSPS) is 10.8. The summed E-state index contributed by atoms with van der Waals surface area (Å²) in [6.07, 6.45) is 3.43. The quantitative estimate of drug-likeness (QED) is 0.359. The van der Waals surface area contributed by atoms with Gasteiger partial charge in [0, 0.05) is 5.69 Å². The summed E-state index contributed by atoms with van der Waals surface area (Å²) in [6, 6.07) is 19.1. The first-order chi connectivity index (χ1) is 16.5. The van der Waals surface area contributed by atoms with Crippen molar-refractivity contribution in [2.24, 2.45) is 0 Å². The lowest BCUT2D eigenvalue weighted by Crippen LogP contribution is -2.34. The van der Waals surface area contributed by atoms with Gasteiger partial charge in [-0.1, -0.05) is 37.6 Å². The maximum Gasteiger partial charge on any atom is 0.261 e. The molecular weight excluding hydrogens is 446 g/mol. The van der Waals surface area contributed by atoms with E-state index in [0.29, 0.717) is 11.3 Å². The molecule has 4 rings (SSSR count). The van der Waals surface area contributed by atoms with Crippen LogP contribution in [-0.4, -0.2) is 33.1 Å². The van der Waals surface area contributed by atoms with Crippen molar-refractivity contribution in [2.45, 2.75) is 33.1 Å². The van der Waals surface area contributed by atoms with E-state index in [-0.39, 0.29) is 11.0 Å². The molecule has 34 heavy (non-hydrogen) atoms. The number of methoxy groups -OCH3 is 1. The largest absolute Gasteiger partial charge is 0.496 e. The summed E-state index contributed by atoms with van der Waals surface area (Å²) < 4.78 is 5.25. The number of amides is 1. The third-order valence-electron chi connectivity index (χ3n) is 5.54. The Labute approximate surface area is 204 Å². The van der Waals surface area contributed by atoms with Gasteiger partial charge in [0.2, 0.25) is 0 Å². The minimum Gasteiger partial charge on any atom is -0.496 e. The van der Waals surface area contributed by atoms with Crippen molar-refractivity contribution in [1.82, 2.24) is 20.3 Å². The van der Waals surface area contributed by atoms with Gasteiger partial charge < -0.3 is 10.1 Å². The van der Waals surface area contributed by atoms with Crippen molar-refractivity contribution >= 4 is 40.0 Å². The topological polar surface area (TPSA) is 81.1 Å². The predicted molar refractivity (Wildman–Crippen MR) is 139 cm³/mol. The number of carbonyl (C=O) groups is 1. The SMILES string of the molecule is CCCCc1ccc(-n2nc3cc(C)c(NC(=S)NC(=O)c4ccccc4OC)cc3n2)cc1. The fraction of sp³-hybridized carbons (Fsp3) is 0.231. The van der Waals surface area contributed by atoms with Crippen LogP contribution in [0, 0.1) is 6.92 Å². The van der Waals surface area contributed by atoms with Gasteiger partial charge in [0.1, 0.15) is 16.8 Å². The van der Waals surface area contributed by atoms with E-state index in [0.717, 1.165) is 34.4 Å². The molecule has 0 saturated carbocycles. The number of aromatic nitrogens is 3. The molecule has 2 N–H and O–H groups in total. The smallest absolute Gasteiger partial charge is 0.261 e. The summed E-state index contributed by atoms with van der Waals surface area (Å²) >= 11 is 5.37. The van der Waals surface area contributed by atoms with Crippen LogP contribution in [0.5, 0.6) is 5.75 Å². The van der Waals surface area contributed by atoms with E-state index < -0.39 is 0 Å². The van der Waals surface area contributed by atoms with Gasteiger partial charge in [0.15, 0.2) is 5.11 Å². The van der Waals surface area contributed by atoms with Crippen molar-refractivity contribution in [1.29, 1.82) is 0 Å². The Bertz CT molecular complexity index is 1330. The van der Waals surface area contributed by atoms with Crippen molar-refractivity contribution in [3.63, 3.8) is 0 Å². The molecule has 4 aromatic rings. The molecule has 7 nitrogen and oxygen atoms in total. The molecule has 3 aromatic carbocycles. The number of benzene rings is 3. The maximum atomic E-state index is 12.6. The lowest BCUT2D eigenvalue weighted by atomic mass is 10.1. The van der Waals surface area contributed by atoms with E-state index in [1.807, 2.05) is 31.2 Å². The molecule has 1 aromatic heterocycles. The highest BCUT2D eigenvalue weighted by Gasteiger charge is 2.14. The summed E-state index contributed by atoms with van der Waals surface area (Å²) in [6.45, 7) is 4.15. The number of hydrogen-bond donors (Lipinski definition) is 2. The van der Waals surface area contributed by atoms with Crippen molar-refractivity contribution in [2.75, 3.05) is 12.4 Å². The first kappa shape index (κ1) is 23.4. The second-order valence-electron chi connectivity index (χ2n) is 8.02. The van der Waals surface area contributed by atoms with Gasteiger partial charge in [-0.2, -0.15) is 4.80 Å². The zero-order chi connectivity index (χ0) is 24.1. The molecule has 174 valence electrons. The number of hydrogen-bond acceptors (Lipinski definition) is 5. The first-order valence-corrected chi connectivity index (χ1v) is 11.6. The Balaban J connectivity index is 1.49. The standard InChI is InChI=1S/C26H27N5O2S/c1-4-5-8-18-11-13-19(14-12-18)31-29-22-15-17(2)21(16-23(22)30-31)27-26(34)28-25(32)20-9-6-7-10-24(20)33-3/h6-7,9-16H,4-5,8H2,1-3H3,(H2,27,28,32,34). The fourth-order valence-corrected chi connectivity index (χ4v) is 3.85. The zero-order valence-electron chi connectivity index (χ0n) is 19.5. The number of rotatable bonds is 7. The minimum absolute atomic E-state index is 0.188. The number of para-hydroxylation sites is 1. The molecule has 1 heterocycles. The Morgan fingerprint density at radius 2 is 1.76 bits per heavy atom. The lowest BCUT2D eigenvalue weighted by Gasteiger charge is -2.13. The van der Waals surface area contributed by atoms with Crippen molar-refractivity contribution in [3.05, 3.63) is 77.4 Å². The summed E-state index contributed by atoms with van der Waals surface area (Å²) in [5, 5.41) is 15.2. The number of nitrogens with zero attached hydrogens (tertiary/aromatic N) is 3. The molecule has 0 unspecified atom stereocenters. The van der Waals surface area contributed by atoms with Crippen LogP contribution in [0.4, 0.5) is 5.69 Å².